The standard InChI is InChI=1S/C16H21N3O2/c20-15(18-13-8-9-13)11-4-6-12(7-5-11)19-16(21)14-3-1-2-10-17-14/h4-7,13-14,17H,1-3,8-10H2,(H,18,20)(H,19,21)/t14-/m0/s1. The second-order valence-electron chi connectivity index (χ2n) is 5.82. The molecule has 0 radical (unpaired) electrons. The summed E-state index contributed by atoms with van der Waals surface area (Å²) in [5.74, 6) is -0.0331. The van der Waals surface area contributed by atoms with Crippen molar-refractivity contribution in [1.29, 1.82) is 0 Å². The van der Waals surface area contributed by atoms with Crippen LogP contribution < -0.4 is 16.0 Å². The summed E-state index contributed by atoms with van der Waals surface area (Å²) in [6, 6.07) is 7.32. The number of hydrogen-bond donors (Lipinski definition) is 3. The number of carbonyl (C=O) groups is 2. The maximum Gasteiger partial charge on any atom is 0.251 e. The molecular formula is C16H21N3O2. The van der Waals surface area contributed by atoms with Crippen molar-refractivity contribution in [3.63, 3.8) is 0 Å². The molecular weight excluding hydrogens is 266 g/mol. The van der Waals surface area contributed by atoms with Gasteiger partial charge in [-0.3, -0.25) is 9.59 Å². The number of amides is 2. The molecule has 1 aliphatic heterocycles. The number of benzene rings is 1. The molecule has 0 bridgehead atoms. The van der Waals surface area contributed by atoms with E-state index in [-0.39, 0.29) is 17.9 Å². The molecule has 2 fully saturated rings. The molecule has 112 valence electrons. The Morgan fingerprint density at radius 1 is 1.05 bits per heavy atom. The summed E-state index contributed by atoms with van der Waals surface area (Å²) in [7, 11) is 0. The predicted octanol–water partition coefficient (Wildman–Crippen LogP) is 1.66. The summed E-state index contributed by atoms with van der Waals surface area (Å²) < 4.78 is 0. The Balaban J connectivity index is 1.55. The molecule has 1 aliphatic carbocycles. The third-order valence-corrected chi connectivity index (χ3v) is 3.95. The highest BCUT2D eigenvalue weighted by Gasteiger charge is 2.24. The van der Waals surface area contributed by atoms with E-state index in [0.29, 0.717) is 11.6 Å². The minimum Gasteiger partial charge on any atom is -0.349 e. The van der Waals surface area contributed by atoms with Gasteiger partial charge >= 0.3 is 0 Å². The van der Waals surface area contributed by atoms with Crippen molar-refractivity contribution in [3.8, 4) is 0 Å². The summed E-state index contributed by atoms with van der Waals surface area (Å²) in [6.45, 7) is 0.901. The quantitative estimate of drug-likeness (QED) is 0.789. The molecule has 0 aromatic heterocycles. The van der Waals surface area contributed by atoms with Gasteiger partial charge in [-0.25, -0.2) is 0 Å². The molecule has 3 N–H and O–H groups in total. The van der Waals surface area contributed by atoms with E-state index < -0.39 is 0 Å². The molecule has 3 rings (SSSR count). The lowest BCUT2D eigenvalue weighted by molar-refractivity contribution is -0.118. The number of hydrogen-bond acceptors (Lipinski definition) is 3. The molecule has 1 saturated carbocycles. The van der Waals surface area contributed by atoms with Crippen LogP contribution >= 0.6 is 0 Å². The fourth-order valence-electron chi connectivity index (χ4n) is 2.51. The molecule has 1 atom stereocenters. The van der Waals surface area contributed by atoms with Crippen molar-refractivity contribution in [2.75, 3.05) is 11.9 Å². The zero-order chi connectivity index (χ0) is 14.7. The predicted molar refractivity (Wildman–Crippen MR) is 81.2 cm³/mol. The lowest BCUT2D eigenvalue weighted by atomic mass is 10.0. The van der Waals surface area contributed by atoms with Gasteiger partial charge in [0, 0.05) is 17.3 Å². The lowest BCUT2D eigenvalue weighted by Gasteiger charge is -2.22. The SMILES string of the molecule is O=C(NC1CC1)c1ccc(NC(=O)[C@@H]2CCCCN2)cc1. The average molecular weight is 287 g/mol. The van der Waals surface area contributed by atoms with Crippen LogP contribution in [0, 0.1) is 0 Å². The van der Waals surface area contributed by atoms with Crippen LogP contribution in [-0.4, -0.2) is 30.4 Å². The Labute approximate surface area is 124 Å². The highest BCUT2D eigenvalue weighted by Crippen LogP contribution is 2.20. The second-order valence-corrected chi connectivity index (χ2v) is 5.82. The van der Waals surface area contributed by atoms with E-state index in [1.165, 1.54) is 0 Å². The monoisotopic (exact) mass is 287 g/mol. The Hall–Kier alpha value is -1.88. The topological polar surface area (TPSA) is 70.2 Å². The Morgan fingerprint density at radius 3 is 2.43 bits per heavy atom. The van der Waals surface area contributed by atoms with Gasteiger partial charge in [-0.05, 0) is 56.5 Å². The van der Waals surface area contributed by atoms with Crippen LogP contribution in [0.1, 0.15) is 42.5 Å². The minimum absolute atomic E-state index is 0.00452. The molecule has 1 heterocycles. The third kappa shape index (κ3) is 3.82. The number of anilines is 1. The first-order chi connectivity index (χ1) is 10.2. The van der Waals surface area contributed by atoms with E-state index >= 15 is 0 Å². The van der Waals surface area contributed by atoms with Crippen LogP contribution in [-0.2, 0) is 4.79 Å². The number of rotatable bonds is 4. The summed E-state index contributed by atoms with van der Waals surface area (Å²) in [4.78, 5) is 24.0. The Kier molecular flexibility index (Phi) is 4.20. The number of carbonyl (C=O) groups excluding carboxylic acids is 2. The van der Waals surface area contributed by atoms with Gasteiger partial charge in [0.2, 0.25) is 5.91 Å². The molecule has 0 spiro atoms. The lowest BCUT2D eigenvalue weighted by Crippen LogP contribution is -2.43. The van der Waals surface area contributed by atoms with Crippen LogP contribution in [0.5, 0.6) is 0 Å². The largest absolute Gasteiger partial charge is 0.349 e. The van der Waals surface area contributed by atoms with Crippen LogP contribution in [0.4, 0.5) is 5.69 Å². The van der Waals surface area contributed by atoms with Gasteiger partial charge in [0.25, 0.3) is 5.91 Å². The summed E-state index contributed by atoms with van der Waals surface area (Å²) >= 11 is 0. The first kappa shape index (κ1) is 14.1. The van der Waals surface area contributed by atoms with Gasteiger partial charge in [-0.15, -0.1) is 0 Å². The van der Waals surface area contributed by atoms with E-state index in [1.54, 1.807) is 24.3 Å². The van der Waals surface area contributed by atoms with Gasteiger partial charge in [-0.2, -0.15) is 0 Å². The first-order valence-electron chi connectivity index (χ1n) is 7.67. The van der Waals surface area contributed by atoms with Gasteiger partial charge < -0.3 is 16.0 Å². The Morgan fingerprint density at radius 2 is 1.81 bits per heavy atom. The molecule has 21 heavy (non-hydrogen) atoms. The average Bonchev–Trinajstić information content (AvgIpc) is 3.33. The van der Waals surface area contributed by atoms with Crippen molar-refractivity contribution in [2.45, 2.75) is 44.2 Å². The van der Waals surface area contributed by atoms with E-state index in [2.05, 4.69) is 16.0 Å². The highest BCUT2D eigenvalue weighted by molar-refractivity contribution is 5.97. The van der Waals surface area contributed by atoms with E-state index in [4.69, 9.17) is 0 Å². The van der Waals surface area contributed by atoms with Gasteiger partial charge in [0.15, 0.2) is 0 Å². The molecule has 2 aliphatic rings. The molecule has 5 nitrogen and oxygen atoms in total. The van der Waals surface area contributed by atoms with E-state index in [9.17, 15) is 9.59 Å². The van der Waals surface area contributed by atoms with Crippen molar-refractivity contribution in [2.24, 2.45) is 0 Å². The van der Waals surface area contributed by atoms with Crippen molar-refractivity contribution in [1.82, 2.24) is 10.6 Å². The number of nitrogens with one attached hydrogen (secondary N) is 3. The van der Waals surface area contributed by atoms with Crippen LogP contribution in [0.2, 0.25) is 0 Å². The second kappa shape index (κ2) is 6.26. The van der Waals surface area contributed by atoms with E-state index in [1.807, 2.05) is 0 Å². The summed E-state index contributed by atoms with van der Waals surface area (Å²) in [5, 5.41) is 9.06. The number of piperidine rings is 1. The van der Waals surface area contributed by atoms with Crippen LogP contribution in [0.3, 0.4) is 0 Å². The fourth-order valence-corrected chi connectivity index (χ4v) is 2.51. The maximum absolute atomic E-state index is 12.1. The maximum atomic E-state index is 12.1. The molecule has 0 unspecified atom stereocenters. The van der Waals surface area contributed by atoms with Crippen molar-refractivity contribution in [3.05, 3.63) is 29.8 Å². The fraction of sp³-hybridized carbons (Fsp3) is 0.500. The van der Waals surface area contributed by atoms with E-state index in [0.717, 1.165) is 44.3 Å². The zero-order valence-electron chi connectivity index (χ0n) is 12.0. The van der Waals surface area contributed by atoms with Crippen molar-refractivity contribution < 1.29 is 9.59 Å². The Bertz CT molecular complexity index is 517. The molecule has 2 amide bonds. The molecule has 1 aromatic carbocycles. The van der Waals surface area contributed by atoms with Gasteiger partial charge in [-0.1, -0.05) is 6.42 Å². The van der Waals surface area contributed by atoms with Gasteiger partial charge in [0.1, 0.15) is 0 Å². The third-order valence-electron chi connectivity index (χ3n) is 3.95. The summed E-state index contributed by atoms with van der Waals surface area (Å²) in [6.07, 6.45) is 5.26. The molecule has 1 aromatic rings. The van der Waals surface area contributed by atoms with Crippen molar-refractivity contribution >= 4 is 17.5 Å². The van der Waals surface area contributed by atoms with Gasteiger partial charge in [0.05, 0.1) is 6.04 Å². The highest BCUT2D eigenvalue weighted by atomic mass is 16.2. The molecule has 1 saturated heterocycles. The smallest absolute Gasteiger partial charge is 0.251 e. The normalized spacial score (nSPS) is 21.6. The zero-order valence-corrected chi connectivity index (χ0v) is 12.0. The summed E-state index contributed by atoms with van der Waals surface area (Å²) in [5.41, 5.74) is 1.37. The molecule has 5 heteroatoms. The minimum atomic E-state index is -0.100. The van der Waals surface area contributed by atoms with Crippen LogP contribution in [0.25, 0.3) is 0 Å². The van der Waals surface area contributed by atoms with Crippen LogP contribution in [0.15, 0.2) is 24.3 Å². The first-order valence-corrected chi connectivity index (χ1v) is 7.67.